The molecule has 0 spiro atoms. The summed E-state index contributed by atoms with van der Waals surface area (Å²) in [5.74, 6) is -0.485. The number of amides is 3. The van der Waals surface area contributed by atoms with Crippen molar-refractivity contribution in [1.82, 2.24) is 16.0 Å². The van der Waals surface area contributed by atoms with E-state index in [4.69, 9.17) is 4.74 Å². The zero-order valence-electron chi connectivity index (χ0n) is 32.6. The largest absolute Gasteiger partial charge is 0.379 e. The first-order valence-corrected chi connectivity index (χ1v) is 20.7. The molecule has 0 aliphatic rings. The molecule has 0 aromatic heterocycles. The molecule has 1 atom stereocenters. The van der Waals surface area contributed by atoms with Gasteiger partial charge in [0.2, 0.25) is 17.7 Å². The van der Waals surface area contributed by atoms with E-state index in [1.54, 1.807) is 0 Å². The summed E-state index contributed by atoms with van der Waals surface area (Å²) in [6.45, 7) is 11.3. The minimum atomic E-state index is -0.809. The SMILES string of the molecule is CCCCCCCCCCCCCCCC(=O)NCC(NC(=O)CCCCCCCCCCCCCCC)C(=O)NC(C)(C)COCC. The van der Waals surface area contributed by atoms with Crippen molar-refractivity contribution in [3.63, 3.8) is 0 Å². The number of rotatable bonds is 36. The molecule has 7 heteroatoms. The van der Waals surface area contributed by atoms with Crippen molar-refractivity contribution < 1.29 is 19.1 Å². The van der Waals surface area contributed by atoms with Crippen LogP contribution in [0.25, 0.3) is 0 Å². The number of hydrogen-bond donors (Lipinski definition) is 3. The van der Waals surface area contributed by atoms with E-state index in [-0.39, 0.29) is 24.3 Å². The van der Waals surface area contributed by atoms with Crippen LogP contribution in [0.2, 0.25) is 0 Å². The van der Waals surface area contributed by atoms with Crippen LogP contribution in [0.3, 0.4) is 0 Å². The van der Waals surface area contributed by atoms with E-state index in [1.165, 1.54) is 135 Å². The second kappa shape index (κ2) is 33.8. The van der Waals surface area contributed by atoms with Crippen molar-refractivity contribution in [1.29, 1.82) is 0 Å². The molecule has 284 valence electrons. The number of carbonyl (C=O) groups is 3. The fourth-order valence-electron chi connectivity index (χ4n) is 6.20. The summed E-state index contributed by atoms with van der Waals surface area (Å²) in [7, 11) is 0. The van der Waals surface area contributed by atoms with E-state index < -0.39 is 11.6 Å². The lowest BCUT2D eigenvalue weighted by Crippen LogP contribution is -2.58. The molecule has 0 aliphatic heterocycles. The highest BCUT2D eigenvalue weighted by molar-refractivity contribution is 5.89. The van der Waals surface area contributed by atoms with E-state index in [9.17, 15) is 14.4 Å². The number of carbonyl (C=O) groups excluding carboxylic acids is 3. The highest BCUT2D eigenvalue weighted by atomic mass is 16.5. The first-order valence-electron chi connectivity index (χ1n) is 20.7. The van der Waals surface area contributed by atoms with Gasteiger partial charge in [-0.2, -0.15) is 0 Å². The summed E-state index contributed by atoms with van der Waals surface area (Å²) in [6.07, 6.45) is 33.7. The first kappa shape index (κ1) is 46.4. The maximum Gasteiger partial charge on any atom is 0.244 e. The molecular formula is C41H81N3O4. The molecule has 0 aromatic rings. The van der Waals surface area contributed by atoms with Gasteiger partial charge >= 0.3 is 0 Å². The zero-order valence-corrected chi connectivity index (χ0v) is 32.6. The van der Waals surface area contributed by atoms with Gasteiger partial charge in [-0.05, 0) is 33.6 Å². The Labute approximate surface area is 298 Å². The molecule has 0 saturated carbocycles. The molecule has 0 bridgehead atoms. The van der Waals surface area contributed by atoms with Gasteiger partial charge in [-0.15, -0.1) is 0 Å². The van der Waals surface area contributed by atoms with Crippen LogP contribution in [-0.2, 0) is 19.1 Å². The van der Waals surface area contributed by atoms with E-state index in [1.807, 2.05) is 20.8 Å². The maximum atomic E-state index is 13.2. The van der Waals surface area contributed by atoms with Crippen molar-refractivity contribution in [2.45, 2.75) is 226 Å². The van der Waals surface area contributed by atoms with Crippen LogP contribution in [-0.4, -0.2) is 49.1 Å². The molecular weight excluding hydrogens is 598 g/mol. The van der Waals surface area contributed by atoms with E-state index in [2.05, 4.69) is 29.8 Å². The molecule has 1 unspecified atom stereocenters. The fourth-order valence-corrected chi connectivity index (χ4v) is 6.20. The molecule has 0 fully saturated rings. The minimum absolute atomic E-state index is 0.0600. The van der Waals surface area contributed by atoms with Gasteiger partial charge in [0.05, 0.1) is 12.1 Å². The zero-order chi connectivity index (χ0) is 35.6. The molecule has 3 N–H and O–H groups in total. The highest BCUT2D eigenvalue weighted by Gasteiger charge is 2.27. The lowest BCUT2D eigenvalue weighted by molar-refractivity contribution is -0.131. The average molecular weight is 680 g/mol. The smallest absolute Gasteiger partial charge is 0.244 e. The van der Waals surface area contributed by atoms with Crippen LogP contribution in [0.4, 0.5) is 0 Å². The van der Waals surface area contributed by atoms with Crippen LogP contribution in [0.5, 0.6) is 0 Å². The number of hydrogen-bond acceptors (Lipinski definition) is 4. The van der Waals surface area contributed by atoms with E-state index in [0.29, 0.717) is 26.1 Å². The number of nitrogens with one attached hydrogen (secondary N) is 3. The van der Waals surface area contributed by atoms with Crippen LogP contribution in [0.15, 0.2) is 0 Å². The summed E-state index contributed by atoms with van der Waals surface area (Å²) in [4.78, 5) is 38.7. The number of unbranched alkanes of at least 4 members (excludes halogenated alkanes) is 24. The summed E-state index contributed by atoms with van der Waals surface area (Å²) in [6, 6.07) is -0.809. The summed E-state index contributed by atoms with van der Waals surface area (Å²) >= 11 is 0. The molecule has 48 heavy (non-hydrogen) atoms. The Bertz CT molecular complexity index is 758. The van der Waals surface area contributed by atoms with Gasteiger partial charge in [0, 0.05) is 26.0 Å². The van der Waals surface area contributed by atoms with Gasteiger partial charge in [0.1, 0.15) is 6.04 Å². The normalized spacial score (nSPS) is 12.2. The summed E-state index contributed by atoms with van der Waals surface area (Å²) < 4.78 is 5.53. The molecule has 0 aromatic carbocycles. The van der Waals surface area contributed by atoms with Crippen LogP contribution < -0.4 is 16.0 Å². The Morgan fingerprint density at radius 2 is 0.875 bits per heavy atom. The van der Waals surface area contributed by atoms with Crippen LogP contribution >= 0.6 is 0 Å². The lowest BCUT2D eigenvalue weighted by atomic mass is 10.0. The quantitative estimate of drug-likeness (QED) is 0.0574. The standard InChI is InChI=1S/C41H81N3O4/c1-6-9-11-13-15-17-19-21-23-25-27-29-31-33-38(45)42-35-37(40(47)44-41(4,5)36-48-8-3)43-39(46)34-32-30-28-26-24-22-20-18-16-14-12-10-7-2/h37H,6-36H2,1-5H3,(H,42,45)(H,43,46)(H,44,47). The molecule has 0 rings (SSSR count). The minimum Gasteiger partial charge on any atom is -0.379 e. The maximum absolute atomic E-state index is 13.2. The van der Waals surface area contributed by atoms with Crippen molar-refractivity contribution in [2.75, 3.05) is 19.8 Å². The second-order valence-electron chi connectivity index (χ2n) is 14.9. The molecule has 0 heterocycles. The van der Waals surface area contributed by atoms with Crippen LogP contribution in [0.1, 0.15) is 214 Å². The van der Waals surface area contributed by atoms with Gasteiger partial charge < -0.3 is 20.7 Å². The van der Waals surface area contributed by atoms with E-state index in [0.717, 1.165) is 32.1 Å². The van der Waals surface area contributed by atoms with Crippen molar-refractivity contribution in [3.8, 4) is 0 Å². The summed E-state index contributed by atoms with van der Waals surface area (Å²) in [5, 5.41) is 8.82. The summed E-state index contributed by atoms with van der Waals surface area (Å²) in [5.41, 5.74) is -0.580. The van der Waals surface area contributed by atoms with Crippen LogP contribution in [0, 0.1) is 0 Å². The first-order chi connectivity index (χ1) is 23.3. The molecule has 0 radical (unpaired) electrons. The Kier molecular flexibility index (Phi) is 32.7. The van der Waals surface area contributed by atoms with Crippen molar-refractivity contribution in [3.05, 3.63) is 0 Å². The average Bonchev–Trinajstić information content (AvgIpc) is 3.06. The van der Waals surface area contributed by atoms with Crippen molar-refractivity contribution in [2.24, 2.45) is 0 Å². The lowest BCUT2D eigenvalue weighted by Gasteiger charge is -2.29. The Morgan fingerprint density at radius 3 is 1.25 bits per heavy atom. The Balaban J connectivity index is 4.32. The fraction of sp³-hybridized carbons (Fsp3) is 0.927. The second-order valence-corrected chi connectivity index (χ2v) is 14.9. The topological polar surface area (TPSA) is 96.5 Å². The monoisotopic (exact) mass is 680 g/mol. The Morgan fingerprint density at radius 1 is 0.521 bits per heavy atom. The van der Waals surface area contributed by atoms with Crippen molar-refractivity contribution >= 4 is 17.7 Å². The molecule has 3 amide bonds. The molecule has 0 saturated heterocycles. The van der Waals surface area contributed by atoms with Gasteiger partial charge in [-0.3, -0.25) is 14.4 Å². The highest BCUT2D eigenvalue weighted by Crippen LogP contribution is 2.14. The van der Waals surface area contributed by atoms with Gasteiger partial charge in [-0.25, -0.2) is 0 Å². The third-order valence-electron chi connectivity index (χ3n) is 9.30. The third-order valence-corrected chi connectivity index (χ3v) is 9.30. The molecule has 7 nitrogen and oxygen atoms in total. The van der Waals surface area contributed by atoms with Gasteiger partial charge in [-0.1, -0.05) is 168 Å². The molecule has 0 aliphatic carbocycles. The Hall–Kier alpha value is -1.63. The third kappa shape index (κ3) is 31.6. The number of ether oxygens (including phenoxy) is 1. The predicted molar refractivity (Wildman–Crippen MR) is 204 cm³/mol. The van der Waals surface area contributed by atoms with Gasteiger partial charge in [0.25, 0.3) is 0 Å². The predicted octanol–water partition coefficient (Wildman–Crippen LogP) is 10.5. The van der Waals surface area contributed by atoms with E-state index >= 15 is 0 Å². The van der Waals surface area contributed by atoms with Gasteiger partial charge in [0.15, 0.2) is 0 Å².